The number of unbranched alkanes of at least 4 members (excludes halogenated alkanes) is 1. The first kappa shape index (κ1) is 23.9. The lowest BCUT2D eigenvalue weighted by Crippen LogP contribution is -2.17. The molecule has 3 rings (SSSR count). The molecule has 0 aliphatic heterocycles. The van der Waals surface area contributed by atoms with Crippen LogP contribution in [0, 0.1) is 0 Å². The lowest BCUT2D eigenvalue weighted by Gasteiger charge is -2.14. The average molecular weight is 453 g/mol. The molecule has 1 N–H and O–H groups in total. The minimum Gasteiger partial charge on any atom is -0.494 e. The SMILES string of the molecule is CCCCOc1ccc(-c2nnc(SCC(=O)Nc3c(CC)cccc3CC)n2C)cc1. The Hall–Kier alpha value is -2.80. The van der Waals surface area contributed by atoms with Crippen molar-refractivity contribution in [3.05, 3.63) is 53.6 Å². The molecule has 2 aromatic carbocycles. The minimum atomic E-state index is -0.0382. The van der Waals surface area contributed by atoms with E-state index >= 15 is 0 Å². The Kier molecular flexibility index (Phi) is 8.73. The number of carbonyl (C=O) groups excluding carboxylic acids is 1. The van der Waals surface area contributed by atoms with Gasteiger partial charge in [-0.2, -0.15) is 0 Å². The van der Waals surface area contributed by atoms with Crippen LogP contribution in [0.2, 0.25) is 0 Å². The topological polar surface area (TPSA) is 69.0 Å². The highest BCUT2D eigenvalue weighted by Gasteiger charge is 2.15. The third-order valence-electron chi connectivity index (χ3n) is 5.31. The Balaban J connectivity index is 1.62. The fraction of sp³-hybridized carbons (Fsp3) is 0.400. The summed E-state index contributed by atoms with van der Waals surface area (Å²) in [6.45, 7) is 7.08. The quantitative estimate of drug-likeness (QED) is 0.307. The first-order valence-corrected chi connectivity index (χ1v) is 12.2. The number of carbonyl (C=O) groups is 1. The van der Waals surface area contributed by atoms with Crippen molar-refractivity contribution in [2.24, 2.45) is 7.05 Å². The van der Waals surface area contributed by atoms with Crippen LogP contribution < -0.4 is 10.1 Å². The van der Waals surface area contributed by atoms with Crippen LogP contribution in [0.25, 0.3) is 11.4 Å². The number of benzene rings is 2. The van der Waals surface area contributed by atoms with Gasteiger partial charge < -0.3 is 14.6 Å². The molecule has 3 aromatic rings. The van der Waals surface area contributed by atoms with Gasteiger partial charge in [0.15, 0.2) is 11.0 Å². The highest BCUT2D eigenvalue weighted by atomic mass is 32.2. The van der Waals surface area contributed by atoms with Crippen LogP contribution in [0.1, 0.15) is 44.7 Å². The van der Waals surface area contributed by atoms with Crippen molar-refractivity contribution in [3.8, 4) is 17.1 Å². The Bertz CT molecular complexity index is 1010. The summed E-state index contributed by atoms with van der Waals surface area (Å²) >= 11 is 1.39. The molecule has 7 heteroatoms. The molecule has 0 bridgehead atoms. The first-order chi connectivity index (χ1) is 15.6. The zero-order valence-corrected chi connectivity index (χ0v) is 20.2. The second-order valence-electron chi connectivity index (χ2n) is 7.59. The summed E-state index contributed by atoms with van der Waals surface area (Å²) in [7, 11) is 1.92. The minimum absolute atomic E-state index is 0.0382. The van der Waals surface area contributed by atoms with E-state index < -0.39 is 0 Å². The summed E-state index contributed by atoms with van der Waals surface area (Å²) in [5.74, 6) is 1.85. The van der Waals surface area contributed by atoms with Gasteiger partial charge in [0.25, 0.3) is 0 Å². The molecule has 0 spiro atoms. The van der Waals surface area contributed by atoms with Crippen molar-refractivity contribution < 1.29 is 9.53 Å². The van der Waals surface area contributed by atoms with Crippen LogP contribution in [0.15, 0.2) is 47.6 Å². The maximum atomic E-state index is 12.7. The predicted molar refractivity (Wildman–Crippen MR) is 131 cm³/mol. The zero-order chi connectivity index (χ0) is 22.9. The van der Waals surface area contributed by atoms with Gasteiger partial charge in [-0.05, 0) is 54.7 Å². The summed E-state index contributed by atoms with van der Waals surface area (Å²) in [6.07, 6.45) is 3.92. The van der Waals surface area contributed by atoms with Crippen LogP contribution in [0.3, 0.4) is 0 Å². The van der Waals surface area contributed by atoms with Crippen molar-refractivity contribution >= 4 is 23.4 Å². The van der Waals surface area contributed by atoms with Crippen molar-refractivity contribution in [1.29, 1.82) is 0 Å². The smallest absolute Gasteiger partial charge is 0.234 e. The number of thioether (sulfide) groups is 1. The van der Waals surface area contributed by atoms with Crippen LogP contribution in [0.4, 0.5) is 5.69 Å². The molecular formula is C25H32N4O2S. The number of rotatable bonds is 11. The largest absolute Gasteiger partial charge is 0.494 e. The molecule has 0 unspecified atom stereocenters. The van der Waals surface area contributed by atoms with Crippen molar-refractivity contribution in [3.63, 3.8) is 0 Å². The number of aryl methyl sites for hydroxylation is 2. The molecule has 1 heterocycles. The monoisotopic (exact) mass is 452 g/mol. The van der Waals surface area contributed by atoms with E-state index in [1.165, 1.54) is 11.8 Å². The van der Waals surface area contributed by atoms with Crippen molar-refractivity contribution in [2.45, 2.75) is 51.6 Å². The lowest BCUT2D eigenvalue weighted by atomic mass is 10.0. The number of para-hydroxylation sites is 1. The van der Waals surface area contributed by atoms with E-state index in [1.54, 1.807) is 0 Å². The lowest BCUT2D eigenvalue weighted by molar-refractivity contribution is -0.113. The highest BCUT2D eigenvalue weighted by molar-refractivity contribution is 7.99. The zero-order valence-electron chi connectivity index (χ0n) is 19.4. The number of hydrogen-bond acceptors (Lipinski definition) is 5. The molecule has 0 atom stereocenters. The molecule has 170 valence electrons. The summed E-state index contributed by atoms with van der Waals surface area (Å²) in [5, 5.41) is 12.4. The maximum absolute atomic E-state index is 12.7. The van der Waals surface area contributed by atoms with Gasteiger partial charge in [-0.1, -0.05) is 57.2 Å². The van der Waals surface area contributed by atoms with Gasteiger partial charge >= 0.3 is 0 Å². The third kappa shape index (κ3) is 5.91. The van der Waals surface area contributed by atoms with Crippen molar-refractivity contribution in [2.75, 3.05) is 17.7 Å². The van der Waals surface area contributed by atoms with Gasteiger partial charge in [-0.3, -0.25) is 4.79 Å². The standard InChI is InChI=1S/C25H32N4O2S/c1-5-8-16-31-21-14-12-20(13-15-21)24-27-28-25(29(24)4)32-17-22(30)26-23-18(6-2)10-9-11-19(23)7-3/h9-15H,5-8,16-17H2,1-4H3,(H,26,30). The Morgan fingerprint density at radius 1 is 1.03 bits per heavy atom. The van der Waals surface area contributed by atoms with E-state index in [2.05, 4.69) is 48.4 Å². The Morgan fingerprint density at radius 3 is 2.34 bits per heavy atom. The van der Waals surface area contributed by atoms with E-state index in [0.29, 0.717) is 5.16 Å². The van der Waals surface area contributed by atoms with E-state index in [0.717, 1.165) is 66.2 Å². The summed E-state index contributed by atoms with van der Waals surface area (Å²) in [4.78, 5) is 12.7. The molecule has 0 aliphatic rings. The number of ether oxygens (including phenoxy) is 1. The van der Waals surface area contributed by atoms with Gasteiger partial charge in [-0.15, -0.1) is 10.2 Å². The second kappa shape index (κ2) is 11.7. The number of aromatic nitrogens is 3. The third-order valence-corrected chi connectivity index (χ3v) is 6.33. The maximum Gasteiger partial charge on any atom is 0.234 e. The van der Waals surface area contributed by atoms with Crippen LogP contribution in [-0.2, 0) is 24.7 Å². The normalized spacial score (nSPS) is 10.9. The fourth-order valence-corrected chi connectivity index (χ4v) is 4.15. The highest BCUT2D eigenvalue weighted by Crippen LogP contribution is 2.26. The predicted octanol–water partition coefficient (Wildman–Crippen LogP) is 5.52. The van der Waals surface area contributed by atoms with E-state index in [9.17, 15) is 4.79 Å². The van der Waals surface area contributed by atoms with Gasteiger partial charge in [0, 0.05) is 18.3 Å². The van der Waals surface area contributed by atoms with E-state index in [1.807, 2.05) is 41.9 Å². The molecule has 0 saturated heterocycles. The molecular weight excluding hydrogens is 420 g/mol. The van der Waals surface area contributed by atoms with Gasteiger partial charge in [0.05, 0.1) is 12.4 Å². The molecule has 6 nitrogen and oxygen atoms in total. The van der Waals surface area contributed by atoms with Crippen LogP contribution >= 0.6 is 11.8 Å². The van der Waals surface area contributed by atoms with Gasteiger partial charge in [-0.25, -0.2) is 0 Å². The Morgan fingerprint density at radius 2 is 1.72 bits per heavy atom. The number of anilines is 1. The molecule has 0 radical (unpaired) electrons. The number of nitrogens with zero attached hydrogens (tertiary/aromatic N) is 3. The number of nitrogens with one attached hydrogen (secondary N) is 1. The molecule has 0 saturated carbocycles. The average Bonchev–Trinajstić information content (AvgIpc) is 3.18. The second-order valence-corrected chi connectivity index (χ2v) is 8.53. The van der Waals surface area contributed by atoms with Gasteiger partial charge in [0.1, 0.15) is 5.75 Å². The molecule has 0 aliphatic carbocycles. The fourth-order valence-electron chi connectivity index (χ4n) is 3.44. The number of hydrogen-bond donors (Lipinski definition) is 1. The molecule has 1 aromatic heterocycles. The summed E-state index contributed by atoms with van der Waals surface area (Å²) < 4.78 is 7.65. The molecule has 32 heavy (non-hydrogen) atoms. The summed E-state index contributed by atoms with van der Waals surface area (Å²) in [5.41, 5.74) is 4.23. The van der Waals surface area contributed by atoms with Gasteiger partial charge in [0.2, 0.25) is 5.91 Å². The first-order valence-electron chi connectivity index (χ1n) is 11.2. The molecule has 1 amide bonds. The molecule has 0 fully saturated rings. The number of amides is 1. The summed E-state index contributed by atoms with van der Waals surface area (Å²) in [6, 6.07) is 14.1. The van der Waals surface area contributed by atoms with E-state index in [4.69, 9.17) is 4.74 Å². The van der Waals surface area contributed by atoms with Crippen molar-refractivity contribution in [1.82, 2.24) is 14.8 Å². The Labute approximate surface area is 194 Å². The van der Waals surface area contributed by atoms with Crippen LogP contribution in [-0.4, -0.2) is 33.0 Å². The van der Waals surface area contributed by atoms with E-state index in [-0.39, 0.29) is 11.7 Å². The van der Waals surface area contributed by atoms with Crippen LogP contribution in [0.5, 0.6) is 5.75 Å².